The molecule has 0 aliphatic carbocycles. The third-order valence-electron chi connectivity index (χ3n) is 4.83. The summed E-state index contributed by atoms with van der Waals surface area (Å²) in [6.07, 6.45) is 0. The summed E-state index contributed by atoms with van der Waals surface area (Å²) in [5.74, 6) is 0.484. The topological polar surface area (TPSA) is 84.5 Å². The van der Waals surface area contributed by atoms with E-state index in [-0.39, 0.29) is 10.8 Å². The van der Waals surface area contributed by atoms with Crippen molar-refractivity contribution < 1.29 is 17.9 Å². The lowest BCUT2D eigenvalue weighted by Gasteiger charge is -2.10. The van der Waals surface area contributed by atoms with Crippen molar-refractivity contribution in [2.45, 2.75) is 4.90 Å². The van der Waals surface area contributed by atoms with Crippen LogP contribution in [0.15, 0.2) is 102 Å². The average Bonchev–Trinajstić information content (AvgIpc) is 2.82. The van der Waals surface area contributed by atoms with Crippen molar-refractivity contribution in [1.29, 1.82) is 0 Å². The molecule has 6 nitrogen and oxygen atoms in total. The van der Waals surface area contributed by atoms with E-state index < -0.39 is 10.0 Å². The highest BCUT2D eigenvalue weighted by atomic mass is 32.2. The van der Waals surface area contributed by atoms with Gasteiger partial charge in [0.1, 0.15) is 12.4 Å². The van der Waals surface area contributed by atoms with Crippen molar-refractivity contribution in [2.75, 3.05) is 17.9 Å². The van der Waals surface area contributed by atoms with Gasteiger partial charge >= 0.3 is 0 Å². The van der Waals surface area contributed by atoms with E-state index in [9.17, 15) is 13.2 Å². The maximum atomic E-state index is 12.4. The fourth-order valence-electron chi connectivity index (χ4n) is 3.20. The second-order valence-corrected chi connectivity index (χ2v) is 8.79. The number of carbonyl (C=O) groups excluding carboxylic acids is 1. The Balaban J connectivity index is 1.28. The monoisotopic (exact) mass is 446 g/mol. The molecule has 4 aromatic carbocycles. The summed E-state index contributed by atoms with van der Waals surface area (Å²) in [6.45, 7) is 0.674. The van der Waals surface area contributed by atoms with Gasteiger partial charge in [-0.3, -0.25) is 9.52 Å². The molecule has 1 amide bonds. The van der Waals surface area contributed by atoms with E-state index in [1.807, 2.05) is 42.5 Å². The van der Waals surface area contributed by atoms with Gasteiger partial charge in [0.15, 0.2) is 0 Å². The molecule has 162 valence electrons. The number of anilines is 1. The maximum Gasteiger partial charge on any atom is 0.261 e. The van der Waals surface area contributed by atoms with Gasteiger partial charge in [0.2, 0.25) is 0 Å². The van der Waals surface area contributed by atoms with E-state index in [2.05, 4.69) is 10.0 Å². The number of rotatable bonds is 8. The summed E-state index contributed by atoms with van der Waals surface area (Å²) >= 11 is 0. The summed E-state index contributed by atoms with van der Waals surface area (Å²) in [5.41, 5.74) is 0.809. The normalized spacial score (nSPS) is 11.1. The predicted octanol–water partition coefficient (Wildman–Crippen LogP) is 4.45. The van der Waals surface area contributed by atoms with Crippen molar-refractivity contribution in [1.82, 2.24) is 5.32 Å². The molecule has 0 aliphatic heterocycles. The molecular formula is C25H22N2O4S. The second kappa shape index (κ2) is 9.53. The Morgan fingerprint density at radius 3 is 2.22 bits per heavy atom. The molecule has 0 saturated carbocycles. The van der Waals surface area contributed by atoms with Crippen LogP contribution in [0.2, 0.25) is 0 Å². The van der Waals surface area contributed by atoms with Crippen molar-refractivity contribution in [3.05, 3.63) is 103 Å². The van der Waals surface area contributed by atoms with Crippen LogP contribution in [-0.2, 0) is 10.0 Å². The van der Waals surface area contributed by atoms with E-state index in [0.717, 1.165) is 16.5 Å². The van der Waals surface area contributed by atoms with Gasteiger partial charge in [0.05, 0.1) is 11.4 Å². The van der Waals surface area contributed by atoms with Gasteiger partial charge in [-0.05, 0) is 59.3 Å². The van der Waals surface area contributed by atoms with Crippen LogP contribution >= 0.6 is 0 Å². The van der Waals surface area contributed by atoms with Gasteiger partial charge < -0.3 is 10.1 Å². The molecule has 0 radical (unpaired) electrons. The fourth-order valence-corrected chi connectivity index (χ4v) is 4.28. The molecule has 7 heteroatoms. The number of sulfonamides is 1. The van der Waals surface area contributed by atoms with Gasteiger partial charge in [-0.25, -0.2) is 8.42 Å². The summed E-state index contributed by atoms with van der Waals surface area (Å²) < 4.78 is 33.0. The number of ether oxygens (including phenoxy) is 1. The highest BCUT2D eigenvalue weighted by molar-refractivity contribution is 7.92. The molecule has 0 aliphatic rings. The van der Waals surface area contributed by atoms with E-state index in [0.29, 0.717) is 24.4 Å². The van der Waals surface area contributed by atoms with Gasteiger partial charge in [0.25, 0.3) is 15.9 Å². The zero-order chi connectivity index (χ0) is 22.4. The Labute approximate surface area is 186 Å². The second-order valence-electron chi connectivity index (χ2n) is 7.11. The SMILES string of the molecule is O=C(NCCOc1ccc2ccccc2c1)c1ccc(NS(=O)(=O)c2ccccc2)cc1. The van der Waals surface area contributed by atoms with Gasteiger partial charge in [-0.2, -0.15) is 0 Å². The lowest BCUT2D eigenvalue weighted by atomic mass is 10.1. The smallest absolute Gasteiger partial charge is 0.261 e. The van der Waals surface area contributed by atoms with Crippen molar-refractivity contribution in [2.24, 2.45) is 0 Å². The van der Waals surface area contributed by atoms with Crippen LogP contribution in [0.3, 0.4) is 0 Å². The summed E-state index contributed by atoms with van der Waals surface area (Å²) in [6, 6.07) is 28.2. The molecule has 4 rings (SSSR count). The quantitative estimate of drug-likeness (QED) is 0.392. The molecule has 0 unspecified atom stereocenters. The molecule has 0 heterocycles. The van der Waals surface area contributed by atoms with E-state index in [4.69, 9.17) is 4.74 Å². The molecule has 32 heavy (non-hydrogen) atoms. The van der Waals surface area contributed by atoms with Crippen molar-refractivity contribution in [3.8, 4) is 5.75 Å². The lowest BCUT2D eigenvalue weighted by molar-refractivity contribution is 0.0947. The van der Waals surface area contributed by atoms with E-state index >= 15 is 0 Å². The summed E-state index contributed by atoms with van der Waals surface area (Å²) in [4.78, 5) is 12.5. The molecule has 0 saturated heterocycles. The molecule has 0 bridgehead atoms. The highest BCUT2D eigenvalue weighted by Crippen LogP contribution is 2.20. The first kappa shape index (κ1) is 21.4. The minimum Gasteiger partial charge on any atom is -0.492 e. The number of fused-ring (bicyclic) bond motifs is 1. The van der Waals surface area contributed by atoms with Crippen LogP contribution in [-0.4, -0.2) is 27.5 Å². The number of hydrogen-bond donors (Lipinski definition) is 2. The van der Waals surface area contributed by atoms with E-state index in [1.165, 1.54) is 12.1 Å². The van der Waals surface area contributed by atoms with Crippen LogP contribution in [0.1, 0.15) is 10.4 Å². The first-order valence-corrected chi connectivity index (χ1v) is 11.6. The highest BCUT2D eigenvalue weighted by Gasteiger charge is 2.13. The van der Waals surface area contributed by atoms with Crippen LogP contribution < -0.4 is 14.8 Å². The number of hydrogen-bond acceptors (Lipinski definition) is 4. The third-order valence-corrected chi connectivity index (χ3v) is 6.23. The first-order valence-electron chi connectivity index (χ1n) is 10.1. The Morgan fingerprint density at radius 2 is 1.47 bits per heavy atom. The first-order chi connectivity index (χ1) is 15.5. The zero-order valence-electron chi connectivity index (χ0n) is 17.2. The number of nitrogens with one attached hydrogen (secondary N) is 2. The zero-order valence-corrected chi connectivity index (χ0v) is 18.0. The Kier molecular flexibility index (Phi) is 6.37. The third kappa shape index (κ3) is 5.25. The lowest BCUT2D eigenvalue weighted by Crippen LogP contribution is -2.28. The molecule has 0 spiro atoms. The van der Waals surface area contributed by atoms with E-state index in [1.54, 1.807) is 42.5 Å². The van der Waals surface area contributed by atoms with Crippen molar-refractivity contribution in [3.63, 3.8) is 0 Å². The van der Waals surface area contributed by atoms with Crippen LogP contribution in [0, 0.1) is 0 Å². The summed E-state index contributed by atoms with van der Waals surface area (Å²) in [7, 11) is -3.67. The minimum atomic E-state index is -3.67. The van der Waals surface area contributed by atoms with Crippen molar-refractivity contribution >= 4 is 32.4 Å². The fraction of sp³-hybridized carbons (Fsp3) is 0.0800. The average molecular weight is 447 g/mol. The molecule has 4 aromatic rings. The molecular weight excluding hydrogens is 424 g/mol. The molecule has 0 atom stereocenters. The number of amides is 1. The predicted molar refractivity (Wildman–Crippen MR) is 125 cm³/mol. The number of benzene rings is 4. The molecule has 0 aromatic heterocycles. The van der Waals surface area contributed by atoms with Gasteiger partial charge in [-0.1, -0.05) is 48.5 Å². The van der Waals surface area contributed by atoms with Gasteiger partial charge in [0, 0.05) is 11.3 Å². The largest absolute Gasteiger partial charge is 0.492 e. The standard InChI is InChI=1S/C25H22N2O4S/c28-25(26-16-17-31-23-15-12-19-6-4-5-7-21(19)18-23)20-10-13-22(14-11-20)27-32(29,30)24-8-2-1-3-9-24/h1-15,18,27H,16-17H2,(H,26,28). The van der Waals surface area contributed by atoms with Gasteiger partial charge in [-0.15, -0.1) is 0 Å². The minimum absolute atomic E-state index is 0.174. The molecule has 0 fully saturated rings. The number of carbonyl (C=O) groups is 1. The maximum absolute atomic E-state index is 12.4. The summed E-state index contributed by atoms with van der Waals surface area (Å²) in [5, 5.41) is 5.03. The molecule has 2 N–H and O–H groups in total. The van der Waals surface area contributed by atoms with Crippen LogP contribution in [0.5, 0.6) is 5.75 Å². The Bertz CT molecular complexity index is 1320. The van der Waals surface area contributed by atoms with Crippen LogP contribution in [0.25, 0.3) is 10.8 Å². The Hall–Kier alpha value is -3.84. The van der Waals surface area contributed by atoms with Crippen LogP contribution in [0.4, 0.5) is 5.69 Å². The Morgan fingerprint density at radius 1 is 0.781 bits per heavy atom.